The van der Waals surface area contributed by atoms with Crippen LogP contribution >= 0.6 is 0 Å². The molecule has 4 nitrogen and oxygen atoms in total. The third-order valence-corrected chi connectivity index (χ3v) is 4.63. The van der Waals surface area contributed by atoms with Crippen molar-refractivity contribution in [3.05, 3.63) is 89.6 Å². The minimum absolute atomic E-state index is 0.0747. The molecule has 0 fully saturated rings. The molecule has 1 atom stereocenters. The summed E-state index contributed by atoms with van der Waals surface area (Å²) in [6, 6.07) is 18.9. The molecule has 1 aromatic heterocycles. The number of hydrogen-bond acceptors (Lipinski definition) is 4. The molecule has 0 saturated carbocycles. The predicted octanol–water partition coefficient (Wildman–Crippen LogP) is 6.38. The number of para-hydroxylation sites is 1. The number of benzene rings is 2. The number of esters is 1. The Morgan fingerprint density at radius 3 is 2.23 bits per heavy atom. The summed E-state index contributed by atoms with van der Waals surface area (Å²) in [5, 5.41) is 0. The van der Waals surface area contributed by atoms with E-state index >= 15 is 0 Å². The van der Waals surface area contributed by atoms with Gasteiger partial charge in [-0.25, -0.2) is 4.98 Å². The Kier molecular flexibility index (Phi) is 6.95. The fourth-order valence-electron chi connectivity index (χ4n) is 3.11. The normalized spacial score (nSPS) is 12.5. The zero-order valence-corrected chi connectivity index (χ0v) is 17.1. The number of hydrogen-bond donors (Lipinski definition) is 0. The number of ether oxygens (including phenoxy) is 2. The molecule has 0 aliphatic rings. The second-order valence-corrected chi connectivity index (χ2v) is 7.33. The summed E-state index contributed by atoms with van der Waals surface area (Å²) >= 11 is 0. The average molecular weight is 429 g/mol. The monoisotopic (exact) mass is 429 g/mol. The van der Waals surface area contributed by atoms with Crippen molar-refractivity contribution in [1.29, 1.82) is 0 Å². The van der Waals surface area contributed by atoms with Gasteiger partial charge in [-0.15, -0.1) is 0 Å². The molecular formula is C24H22F3NO3. The first kappa shape index (κ1) is 22.3. The van der Waals surface area contributed by atoms with Crippen LogP contribution in [0.5, 0.6) is 11.6 Å². The van der Waals surface area contributed by atoms with Gasteiger partial charge in [0.15, 0.2) is 0 Å². The lowest BCUT2D eigenvalue weighted by Gasteiger charge is -2.20. The Labute approximate surface area is 178 Å². The SMILES string of the molecule is CC(C)C(C(=O)OCc1cccc(Oc2ccccc2)n1)c1ccc(C(F)(F)F)cc1. The van der Waals surface area contributed by atoms with Crippen molar-refractivity contribution in [2.45, 2.75) is 32.5 Å². The van der Waals surface area contributed by atoms with E-state index in [0.29, 0.717) is 22.9 Å². The number of halogens is 3. The fourth-order valence-corrected chi connectivity index (χ4v) is 3.11. The first-order valence-electron chi connectivity index (χ1n) is 9.76. The smallest absolute Gasteiger partial charge is 0.416 e. The van der Waals surface area contributed by atoms with Gasteiger partial charge in [-0.2, -0.15) is 13.2 Å². The van der Waals surface area contributed by atoms with Crippen LogP contribution in [0.3, 0.4) is 0 Å². The Hall–Kier alpha value is -3.35. The maximum atomic E-state index is 12.8. The van der Waals surface area contributed by atoms with Gasteiger partial charge < -0.3 is 9.47 Å². The van der Waals surface area contributed by atoms with Gasteiger partial charge in [-0.05, 0) is 41.8 Å². The summed E-state index contributed by atoms with van der Waals surface area (Å²) < 4.78 is 49.5. The number of aromatic nitrogens is 1. The van der Waals surface area contributed by atoms with Gasteiger partial charge in [0.2, 0.25) is 5.88 Å². The van der Waals surface area contributed by atoms with E-state index in [0.717, 1.165) is 12.1 Å². The van der Waals surface area contributed by atoms with Crippen molar-refractivity contribution < 1.29 is 27.4 Å². The molecule has 3 aromatic rings. The third-order valence-electron chi connectivity index (χ3n) is 4.63. The van der Waals surface area contributed by atoms with E-state index in [4.69, 9.17) is 9.47 Å². The highest BCUT2D eigenvalue weighted by atomic mass is 19.4. The van der Waals surface area contributed by atoms with Crippen molar-refractivity contribution >= 4 is 5.97 Å². The van der Waals surface area contributed by atoms with E-state index in [1.165, 1.54) is 12.1 Å². The molecule has 0 N–H and O–H groups in total. The molecule has 1 heterocycles. The lowest BCUT2D eigenvalue weighted by molar-refractivity contribution is -0.148. The van der Waals surface area contributed by atoms with Crippen LogP contribution < -0.4 is 4.74 Å². The maximum Gasteiger partial charge on any atom is 0.416 e. The van der Waals surface area contributed by atoms with E-state index < -0.39 is 23.6 Å². The minimum Gasteiger partial charge on any atom is -0.459 e. The summed E-state index contributed by atoms with van der Waals surface area (Å²) in [5.41, 5.74) is 0.213. The standard InChI is InChI=1S/C24H22F3NO3/c1-16(2)22(17-11-13-18(14-12-17)24(25,26)27)23(29)30-15-19-7-6-10-21(28-19)31-20-8-4-3-5-9-20/h3-14,16,22H,15H2,1-2H3. The average Bonchev–Trinajstić information content (AvgIpc) is 2.73. The van der Waals surface area contributed by atoms with Crippen molar-refractivity contribution in [2.75, 3.05) is 0 Å². The molecule has 3 rings (SSSR count). The Morgan fingerprint density at radius 1 is 0.935 bits per heavy atom. The molecule has 0 radical (unpaired) electrons. The first-order chi connectivity index (χ1) is 14.7. The summed E-state index contributed by atoms with van der Waals surface area (Å²) in [6.45, 7) is 3.56. The van der Waals surface area contributed by atoms with E-state index in [-0.39, 0.29) is 12.5 Å². The molecule has 31 heavy (non-hydrogen) atoms. The van der Waals surface area contributed by atoms with E-state index in [1.54, 1.807) is 30.3 Å². The molecule has 0 spiro atoms. The molecule has 0 aliphatic carbocycles. The quantitative estimate of drug-likeness (QED) is 0.409. The highest BCUT2D eigenvalue weighted by molar-refractivity contribution is 5.78. The number of alkyl halides is 3. The molecular weight excluding hydrogens is 407 g/mol. The van der Waals surface area contributed by atoms with Gasteiger partial charge in [0.05, 0.1) is 17.2 Å². The third kappa shape index (κ3) is 6.07. The van der Waals surface area contributed by atoms with Crippen LogP contribution in [0.2, 0.25) is 0 Å². The van der Waals surface area contributed by atoms with Gasteiger partial charge in [0.1, 0.15) is 12.4 Å². The van der Waals surface area contributed by atoms with Crippen molar-refractivity contribution in [1.82, 2.24) is 4.98 Å². The van der Waals surface area contributed by atoms with Crippen LogP contribution in [-0.2, 0) is 22.3 Å². The van der Waals surface area contributed by atoms with Crippen LogP contribution in [0.25, 0.3) is 0 Å². The molecule has 0 amide bonds. The molecule has 1 unspecified atom stereocenters. The van der Waals surface area contributed by atoms with Crippen LogP contribution in [0.1, 0.15) is 36.6 Å². The van der Waals surface area contributed by atoms with E-state index in [9.17, 15) is 18.0 Å². The number of nitrogens with zero attached hydrogens (tertiary/aromatic N) is 1. The maximum absolute atomic E-state index is 12.8. The molecule has 0 aliphatic heterocycles. The Bertz CT molecular complexity index is 1000. The summed E-state index contributed by atoms with van der Waals surface area (Å²) in [4.78, 5) is 17.0. The fraction of sp³-hybridized carbons (Fsp3) is 0.250. The largest absolute Gasteiger partial charge is 0.459 e. The Morgan fingerprint density at radius 2 is 1.61 bits per heavy atom. The van der Waals surface area contributed by atoms with E-state index in [2.05, 4.69) is 4.98 Å². The summed E-state index contributed by atoms with van der Waals surface area (Å²) in [5.74, 6) is -0.379. The lowest BCUT2D eigenvalue weighted by atomic mass is 9.88. The van der Waals surface area contributed by atoms with Crippen molar-refractivity contribution in [3.63, 3.8) is 0 Å². The summed E-state index contributed by atoms with van der Waals surface area (Å²) in [6.07, 6.45) is -4.43. The first-order valence-corrected chi connectivity index (χ1v) is 9.76. The van der Waals surface area contributed by atoms with Gasteiger partial charge in [0, 0.05) is 6.07 Å². The van der Waals surface area contributed by atoms with Gasteiger partial charge in [0.25, 0.3) is 0 Å². The summed E-state index contributed by atoms with van der Waals surface area (Å²) in [7, 11) is 0. The minimum atomic E-state index is -4.43. The van der Waals surface area contributed by atoms with Crippen LogP contribution in [0.4, 0.5) is 13.2 Å². The highest BCUT2D eigenvalue weighted by Gasteiger charge is 2.31. The molecule has 2 aromatic carbocycles. The second-order valence-electron chi connectivity index (χ2n) is 7.33. The molecule has 7 heteroatoms. The van der Waals surface area contributed by atoms with Gasteiger partial charge >= 0.3 is 12.1 Å². The van der Waals surface area contributed by atoms with Crippen LogP contribution in [0, 0.1) is 5.92 Å². The lowest BCUT2D eigenvalue weighted by Crippen LogP contribution is -2.21. The molecule has 0 saturated heterocycles. The van der Waals surface area contributed by atoms with Crippen molar-refractivity contribution in [3.8, 4) is 11.6 Å². The van der Waals surface area contributed by atoms with Gasteiger partial charge in [-0.1, -0.05) is 50.2 Å². The van der Waals surface area contributed by atoms with Gasteiger partial charge in [-0.3, -0.25) is 4.79 Å². The molecule has 162 valence electrons. The number of carbonyl (C=O) groups is 1. The molecule has 0 bridgehead atoms. The van der Waals surface area contributed by atoms with Crippen LogP contribution in [-0.4, -0.2) is 11.0 Å². The van der Waals surface area contributed by atoms with E-state index in [1.807, 2.05) is 32.0 Å². The zero-order valence-electron chi connectivity index (χ0n) is 17.1. The topological polar surface area (TPSA) is 48.4 Å². The number of carbonyl (C=O) groups excluding carboxylic acids is 1. The predicted molar refractivity (Wildman–Crippen MR) is 110 cm³/mol. The zero-order chi connectivity index (χ0) is 22.4. The van der Waals surface area contributed by atoms with Crippen molar-refractivity contribution in [2.24, 2.45) is 5.92 Å². The number of pyridine rings is 1. The highest BCUT2D eigenvalue weighted by Crippen LogP contribution is 2.32. The second kappa shape index (κ2) is 9.64. The number of rotatable bonds is 7. The Balaban J connectivity index is 1.67. The van der Waals surface area contributed by atoms with Crippen LogP contribution in [0.15, 0.2) is 72.8 Å².